The third-order valence-corrected chi connectivity index (χ3v) is 5.87. The molecule has 0 aliphatic carbocycles. The number of nitrogens with one attached hydrogen (secondary N) is 2. The highest BCUT2D eigenvalue weighted by molar-refractivity contribution is 8.00. The normalized spacial score (nSPS) is 12.8. The molecular weight excluding hydrogens is 457 g/mol. The number of anilines is 2. The van der Waals surface area contributed by atoms with Gasteiger partial charge in [0.1, 0.15) is 0 Å². The number of amides is 2. The number of carbonyl (C=O) groups excluding carboxylic acids is 2. The molecule has 2 amide bonds. The van der Waals surface area contributed by atoms with Crippen molar-refractivity contribution in [1.82, 2.24) is 14.8 Å². The Balaban J connectivity index is 1.72. The Bertz CT molecular complexity index is 1170. The number of benzene rings is 2. The third-order valence-electron chi connectivity index (χ3n) is 4.81. The van der Waals surface area contributed by atoms with Gasteiger partial charge in [-0.1, -0.05) is 30.0 Å². The van der Waals surface area contributed by atoms with E-state index in [1.165, 1.54) is 24.8 Å². The molecule has 0 bridgehead atoms. The van der Waals surface area contributed by atoms with Crippen LogP contribution in [0.5, 0.6) is 5.75 Å². The van der Waals surface area contributed by atoms with Crippen molar-refractivity contribution in [3.63, 3.8) is 0 Å². The second-order valence-electron chi connectivity index (χ2n) is 8.01. The lowest BCUT2D eigenvalue weighted by atomic mass is 10.2. The molecule has 3 aromatic rings. The van der Waals surface area contributed by atoms with E-state index < -0.39 is 17.2 Å². The van der Waals surface area contributed by atoms with Gasteiger partial charge in [0.15, 0.2) is 28.7 Å². The molecule has 10 heteroatoms. The Kier molecular flexibility index (Phi) is 8.27. The van der Waals surface area contributed by atoms with Gasteiger partial charge in [-0.05, 0) is 58.0 Å². The molecule has 0 saturated carbocycles. The zero-order chi connectivity index (χ0) is 24.8. The SMILES string of the molecule is CC(=O)Nc1cccc(NC(=O)C(C)Sc2nnc(C(C)Oc3ccccc3F)n2C(C)C)c1. The smallest absolute Gasteiger partial charge is 0.237 e. The highest BCUT2D eigenvalue weighted by atomic mass is 32.2. The van der Waals surface area contributed by atoms with Crippen molar-refractivity contribution >= 4 is 35.0 Å². The number of halogens is 1. The zero-order valence-electron chi connectivity index (χ0n) is 19.7. The van der Waals surface area contributed by atoms with Crippen LogP contribution in [0.25, 0.3) is 0 Å². The van der Waals surface area contributed by atoms with Crippen molar-refractivity contribution in [2.45, 2.75) is 57.2 Å². The summed E-state index contributed by atoms with van der Waals surface area (Å²) in [7, 11) is 0. The molecule has 34 heavy (non-hydrogen) atoms. The Morgan fingerprint density at radius 3 is 2.32 bits per heavy atom. The predicted octanol–water partition coefficient (Wildman–Crippen LogP) is 5.22. The summed E-state index contributed by atoms with van der Waals surface area (Å²) < 4.78 is 21.7. The van der Waals surface area contributed by atoms with Gasteiger partial charge in [-0.3, -0.25) is 9.59 Å². The number of rotatable bonds is 9. The van der Waals surface area contributed by atoms with E-state index in [0.717, 1.165) is 0 Å². The molecule has 0 saturated heterocycles. The van der Waals surface area contributed by atoms with Crippen LogP contribution >= 0.6 is 11.8 Å². The molecule has 2 aromatic carbocycles. The van der Waals surface area contributed by atoms with Gasteiger partial charge in [-0.2, -0.15) is 0 Å². The van der Waals surface area contributed by atoms with Gasteiger partial charge in [0.25, 0.3) is 0 Å². The number of carbonyl (C=O) groups is 2. The van der Waals surface area contributed by atoms with E-state index in [9.17, 15) is 14.0 Å². The van der Waals surface area contributed by atoms with Crippen LogP contribution in [0.2, 0.25) is 0 Å². The Morgan fingerprint density at radius 1 is 1.00 bits per heavy atom. The van der Waals surface area contributed by atoms with Crippen molar-refractivity contribution < 1.29 is 18.7 Å². The molecule has 0 fully saturated rings. The molecular formula is C24H28FN5O3S. The van der Waals surface area contributed by atoms with Crippen LogP contribution in [0.3, 0.4) is 0 Å². The molecule has 0 aliphatic heterocycles. The van der Waals surface area contributed by atoms with Crippen LogP contribution < -0.4 is 15.4 Å². The first-order valence-electron chi connectivity index (χ1n) is 10.9. The first-order chi connectivity index (χ1) is 16.2. The van der Waals surface area contributed by atoms with Gasteiger partial charge in [-0.15, -0.1) is 10.2 Å². The molecule has 0 aliphatic rings. The molecule has 1 aromatic heterocycles. The van der Waals surface area contributed by atoms with Crippen molar-refractivity contribution in [2.75, 3.05) is 10.6 Å². The van der Waals surface area contributed by atoms with Crippen LogP contribution in [0, 0.1) is 5.82 Å². The van der Waals surface area contributed by atoms with Gasteiger partial charge in [0.05, 0.1) is 5.25 Å². The fraction of sp³-hybridized carbons (Fsp3) is 0.333. The second-order valence-corrected chi connectivity index (χ2v) is 9.31. The summed E-state index contributed by atoms with van der Waals surface area (Å²) in [5, 5.41) is 14.2. The molecule has 2 N–H and O–H groups in total. The largest absolute Gasteiger partial charge is 0.480 e. The Hall–Kier alpha value is -3.40. The maximum absolute atomic E-state index is 14.0. The molecule has 1 heterocycles. The third kappa shape index (κ3) is 6.34. The maximum atomic E-state index is 14.0. The van der Waals surface area contributed by atoms with E-state index in [-0.39, 0.29) is 23.6 Å². The highest BCUT2D eigenvalue weighted by Crippen LogP contribution is 2.30. The van der Waals surface area contributed by atoms with E-state index in [4.69, 9.17) is 4.74 Å². The van der Waals surface area contributed by atoms with E-state index in [1.54, 1.807) is 56.3 Å². The lowest BCUT2D eigenvalue weighted by Crippen LogP contribution is -2.23. The molecule has 180 valence electrons. The van der Waals surface area contributed by atoms with Crippen LogP contribution in [-0.4, -0.2) is 31.8 Å². The van der Waals surface area contributed by atoms with Gasteiger partial charge in [0, 0.05) is 24.3 Å². The van der Waals surface area contributed by atoms with Gasteiger partial charge in [-0.25, -0.2) is 4.39 Å². The van der Waals surface area contributed by atoms with Crippen LogP contribution in [-0.2, 0) is 9.59 Å². The van der Waals surface area contributed by atoms with Crippen molar-refractivity contribution in [3.8, 4) is 5.75 Å². The first kappa shape index (κ1) is 25.2. The van der Waals surface area contributed by atoms with Crippen molar-refractivity contribution in [2.24, 2.45) is 0 Å². The highest BCUT2D eigenvalue weighted by Gasteiger charge is 2.25. The van der Waals surface area contributed by atoms with E-state index in [0.29, 0.717) is 22.4 Å². The molecule has 0 spiro atoms. The molecule has 8 nitrogen and oxygen atoms in total. The molecule has 3 rings (SSSR count). The Labute approximate surface area is 202 Å². The maximum Gasteiger partial charge on any atom is 0.237 e. The van der Waals surface area contributed by atoms with E-state index in [1.807, 2.05) is 18.4 Å². The summed E-state index contributed by atoms with van der Waals surface area (Å²) in [5.41, 5.74) is 1.17. The predicted molar refractivity (Wildman–Crippen MR) is 131 cm³/mol. The number of thioether (sulfide) groups is 1. The van der Waals surface area contributed by atoms with Gasteiger partial charge >= 0.3 is 0 Å². The van der Waals surface area contributed by atoms with E-state index in [2.05, 4.69) is 20.8 Å². The second kappa shape index (κ2) is 11.1. The van der Waals surface area contributed by atoms with Crippen LogP contribution in [0.4, 0.5) is 15.8 Å². The van der Waals surface area contributed by atoms with Gasteiger partial charge < -0.3 is 19.9 Å². The minimum absolute atomic E-state index is 0.0104. The lowest BCUT2D eigenvalue weighted by molar-refractivity contribution is -0.115. The minimum Gasteiger partial charge on any atom is -0.480 e. The average Bonchev–Trinajstić information content (AvgIpc) is 3.19. The standard InChI is InChI=1S/C24H28FN5O3S/c1-14(2)30-22(15(3)33-21-12-7-6-11-20(21)25)28-29-24(30)34-16(4)23(32)27-19-10-8-9-18(13-19)26-17(5)31/h6-16H,1-5H3,(H,26,31)(H,27,32). The molecule has 2 unspecified atom stereocenters. The molecule has 0 radical (unpaired) electrons. The number of para-hydroxylation sites is 1. The fourth-order valence-electron chi connectivity index (χ4n) is 3.25. The summed E-state index contributed by atoms with van der Waals surface area (Å²) in [6, 6.07) is 13.1. The van der Waals surface area contributed by atoms with Crippen LogP contribution in [0.1, 0.15) is 52.6 Å². The molecule has 2 atom stereocenters. The summed E-state index contributed by atoms with van der Waals surface area (Å²) in [5.74, 6) is -0.189. The quantitative estimate of drug-likeness (QED) is 0.404. The number of hydrogen-bond donors (Lipinski definition) is 2. The van der Waals surface area contributed by atoms with E-state index >= 15 is 0 Å². The number of hydrogen-bond acceptors (Lipinski definition) is 6. The monoisotopic (exact) mass is 485 g/mol. The Morgan fingerprint density at radius 2 is 1.68 bits per heavy atom. The fourth-order valence-corrected chi connectivity index (χ4v) is 4.24. The topological polar surface area (TPSA) is 98.1 Å². The van der Waals surface area contributed by atoms with Crippen LogP contribution in [0.15, 0.2) is 53.7 Å². The number of aromatic nitrogens is 3. The van der Waals surface area contributed by atoms with Crippen molar-refractivity contribution in [3.05, 3.63) is 60.2 Å². The number of ether oxygens (including phenoxy) is 1. The average molecular weight is 486 g/mol. The summed E-state index contributed by atoms with van der Waals surface area (Å²) >= 11 is 1.27. The lowest BCUT2D eigenvalue weighted by Gasteiger charge is -2.20. The first-order valence-corrected chi connectivity index (χ1v) is 11.7. The summed E-state index contributed by atoms with van der Waals surface area (Å²) in [4.78, 5) is 24.1. The zero-order valence-corrected chi connectivity index (χ0v) is 20.5. The minimum atomic E-state index is -0.554. The van der Waals surface area contributed by atoms with Crippen molar-refractivity contribution in [1.29, 1.82) is 0 Å². The van der Waals surface area contributed by atoms with Gasteiger partial charge in [0.2, 0.25) is 11.8 Å². The summed E-state index contributed by atoms with van der Waals surface area (Å²) in [6.07, 6.45) is -0.554. The number of nitrogens with zero attached hydrogens (tertiary/aromatic N) is 3. The summed E-state index contributed by atoms with van der Waals surface area (Å²) in [6.45, 7) is 8.93.